The van der Waals surface area contributed by atoms with E-state index in [-0.39, 0.29) is 42.6 Å². The Bertz CT molecular complexity index is 1250. The fourth-order valence-electron chi connectivity index (χ4n) is 6.55. The van der Waals surface area contributed by atoms with Crippen molar-refractivity contribution in [3.05, 3.63) is 90.4 Å². The molecule has 1 unspecified atom stereocenters. The van der Waals surface area contributed by atoms with Crippen LogP contribution in [0, 0.1) is 23.6 Å². The van der Waals surface area contributed by atoms with Crippen molar-refractivity contribution in [1.82, 2.24) is 15.1 Å². The second-order valence-corrected chi connectivity index (χ2v) is 12.9. The van der Waals surface area contributed by atoms with E-state index >= 15 is 4.39 Å². The molecule has 1 heterocycles. The number of benzene rings is 2. The highest BCUT2D eigenvalue weighted by atomic mass is 19.1. The number of nitrogens with zero attached hydrogens (tertiary/aromatic N) is 2. The van der Waals surface area contributed by atoms with Crippen LogP contribution in [0.5, 0.6) is 0 Å². The molecule has 1 aliphatic heterocycles. The number of halogens is 1. The lowest BCUT2D eigenvalue weighted by molar-refractivity contribution is -0.160. The van der Waals surface area contributed by atoms with Crippen molar-refractivity contribution in [3.63, 3.8) is 0 Å². The average Bonchev–Trinajstić information content (AvgIpc) is 3.00. The largest absolute Gasteiger partial charge is 0.381 e. The quantitative estimate of drug-likeness (QED) is 0.124. The molecule has 0 aliphatic carbocycles. The molecule has 1 atom stereocenters. The summed E-state index contributed by atoms with van der Waals surface area (Å²) in [4.78, 5) is 27.5. The third-order valence-electron chi connectivity index (χ3n) is 7.92. The lowest BCUT2D eigenvalue weighted by Gasteiger charge is -2.47. The highest BCUT2D eigenvalue weighted by Gasteiger charge is 2.40. The lowest BCUT2D eigenvalue weighted by Crippen LogP contribution is -2.56. The van der Waals surface area contributed by atoms with Crippen molar-refractivity contribution in [2.24, 2.45) is 10.8 Å². The summed E-state index contributed by atoms with van der Waals surface area (Å²) in [6, 6.07) is 11.3. The van der Waals surface area contributed by atoms with E-state index in [9.17, 15) is 14.7 Å². The van der Waals surface area contributed by atoms with Gasteiger partial charge in [0.2, 0.25) is 5.72 Å². The Morgan fingerprint density at radius 1 is 1.09 bits per heavy atom. The summed E-state index contributed by atoms with van der Waals surface area (Å²) in [5.74, 6) is -0.826. The van der Waals surface area contributed by atoms with Crippen LogP contribution in [0.15, 0.2) is 62.3 Å². The van der Waals surface area contributed by atoms with Gasteiger partial charge < -0.3 is 25.4 Å². The molecule has 1 saturated heterocycles. The molecule has 2 aromatic rings. The molecule has 0 bridgehead atoms. The molecule has 3 rings (SSSR count). The molecule has 1 fully saturated rings. The van der Waals surface area contributed by atoms with Crippen molar-refractivity contribution >= 4 is 17.9 Å². The van der Waals surface area contributed by atoms with E-state index in [1.807, 2.05) is 51.1 Å². The minimum atomic E-state index is -1.95. The van der Waals surface area contributed by atoms with Gasteiger partial charge in [-0.25, -0.2) is 4.39 Å². The van der Waals surface area contributed by atoms with Crippen LogP contribution in [0.2, 0.25) is 0 Å². The van der Waals surface area contributed by atoms with E-state index < -0.39 is 11.6 Å². The zero-order valence-corrected chi connectivity index (χ0v) is 28.9. The van der Waals surface area contributed by atoms with Crippen molar-refractivity contribution in [1.29, 1.82) is 0 Å². The van der Waals surface area contributed by atoms with Crippen molar-refractivity contribution in [2.45, 2.75) is 93.1 Å². The fraction of sp³-hybridized carbons (Fsp3) is 0.514. The van der Waals surface area contributed by atoms with Gasteiger partial charge in [0.15, 0.2) is 0 Å². The molecule has 2 aromatic carbocycles. The molecule has 8 heteroatoms. The first kappa shape index (κ1) is 39.5. The average molecular weight is 625 g/mol. The molecule has 0 aromatic heterocycles. The summed E-state index contributed by atoms with van der Waals surface area (Å²) in [7, 11) is 1.44. The number of anilines is 1. The topological polar surface area (TPSA) is 84.9 Å². The van der Waals surface area contributed by atoms with E-state index in [2.05, 4.69) is 63.0 Å². The molecule has 7 nitrogen and oxygen atoms in total. The zero-order valence-electron chi connectivity index (χ0n) is 28.9. The van der Waals surface area contributed by atoms with Gasteiger partial charge in [0.05, 0.1) is 0 Å². The first-order valence-electron chi connectivity index (χ1n) is 15.8. The standard InChI is InChI=1S/C33H47FN4O3.C2H6.C2H4/c1-8-38(33(41,16-11-17-39)30(40)35-7)20-27-24(2)12-9-15-28(27)36-18-25-13-10-14-26(29(25)34)19-37-22-31(3,4)21-32(5,6)23-37;2*1-2/h8-10,12-15,17,36,41H,1,11,16,18-23H2,2-7H3,(H,35,40);1-2H3;1-2H2. The summed E-state index contributed by atoms with van der Waals surface area (Å²) in [5.41, 5.74) is 2.18. The molecule has 1 amide bonds. The molecule has 0 radical (unpaired) electrons. The molecular formula is C37H57FN4O3. The first-order valence-corrected chi connectivity index (χ1v) is 15.8. The van der Waals surface area contributed by atoms with Crippen LogP contribution >= 0.6 is 0 Å². The summed E-state index contributed by atoms with van der Waals surface area (Å²) in [5, 5.41) is 17.2. The Morgan fingerprint density at radius 2 is 1.67 bits per heavy atom. The molecular weight excluding hydrogens is 567 g/mol. The number of nitrogens with one attached hydrogen (secondary N) is 2. The van der Waals surface area contributed by atoms with E-state index in [1.54, 1.807) is 6.07 Å². The Balaban J connectivity index is 0.00000243. The SMILES string of the molecule is C=C.C=CN(Cc1c(C)cccc1NCc1cccc(CN2CC(C)(C)CC(C)(C)C2)c1F)C(O)(CCC=O)C(=O)NC.CC. The van der Waals surface area contributed by atoms with Gasteiger partial charge in [-0.3, -0.25) is 9.69 Å². The number of carbonyl (C=O) groups is 2. The van der Waals surface area contributed by atoms with Gasteiger partial charge >= 0.3 is 0 Å². The second kappa shape index (κ2) is 17.9. The monoisotopic (exact) mass is 624 g/mol. The van der Waals surface area contributed by atoms with Crippen molar-refractivity contribution in [3.8, 4) is 0 Å². The molecule has 3 N–H and O–H groups in total. The number of carbonyl (C=O) groups excluding carboxylic acids is 2. The van der Waals surface area contributed by atoms with Gasteiger partial charge in [0, 0.05) is 69.4 Å². The number of hydrogen-bond donors (Lipinski definition) is 3. The zero-order chi connectivity index (χ0) is 34.4. The van der Waals surface area contributed by atoms with Crippen LogP contribution in [0.3, 0.4) is 0 Å². The number of aldehydes is 1. The molecule has 1 aliphatic rings. The Hall–Kier alpha value is -3.49. The number of aryl methyl sites for hydroxylation is 1. The summed E-state index contributed by atoms with van der Waals surface area (Å²) < 4.78 is 15.8. The Labute approximate surface area is 271 Å². The predicted molar refractivity (Wildman–Crippen MR) is 185 cm³/mol. The highest BCUT2D eigenvalue weighted by Crippen LogP contribution is 2.40. The maximum Gasteiger partial charge on any atom is 0.273 e. The third-order valence-corrected chi connectivity index (χ3v) is 7.92. The van der Waals surface area contributed by atoms with Gasteiger partial charge in [-0.15, -0.1) is 13.2 Å². The number of likely N-dealkylation sites (tertiary alicyclic amines) is 1. The van der Waals surface area contributed by atoms with E-state index in [0.29, 0.717) is 24.0 Å². The summed E-state index contributed by atoms with van der Waals surface area (Å²) >= 11 is 0. The third kappa shape index (κ3) is 10.8. The van der Waals surface area contributed by atoms with Crippen LogP contribution in [-0.2, 0) is 29.2 Å². The number of piperidine rings is 1. The van der Waals surface area contributed by atoms with E-state index in [1.165, 1.54) is 18.1 Å². The minimum absolute atomic E-state index is 0.00911. The van der Waals surface area contributed by atoms with Crippen molar-refractivity contribution in [2.75, 3.05) is 25.5 Å². The number of likely N-dealkylation sites (N-methyl/N-ethyl adjacent to an activating group) is 1. The lowest BCUT2D eigenvalue weighted by atomic mass is 9.71. The van der Waals surface area contributed by atoms with Crippen LogP contribution in [0.4, 0.5) is 10.1 Å². The molecule has 45 heavy (non-hydrogen) atoms. The molecule has 0 saturated carbocycles. The van der Waals surface area contributed by atoms with Crippen LogP contribution < -0.4 is 10.6 Å². The van der Waals surface area contributed by atoms with Crippen LogP contribution in [0.1, 0.15) is 83.1 Å². The molecule has 250 valence electrons. The maximum absolute atomic E-state index is 15.8. The summed E-state index contributed by atoms with van der Waals surface area (Å²) in [6.07, 6.45) is 3.15. The minimum Gasteiger partial charge on any atom is -0.381 e. The number of rotatable bonds is 13. The van der Waals surface area contributed by atoms with Crippen LogP contribution in [0.25, 0.3) is 0 Å². The van der Waals surface area contributed by atoms with Gasteiger partial charge in [-0.2, -0.15) is 0 Å². The maximum atomic E-state index is 15.8. The predicted octanol–water partition coefficient (Wildman–Crippen LogP) is 7.19. The van der Waals surface area contributed by atoms with E-state index in [0.717, 1.165) is 36.3 Å². The fourth-order valence-corrected chi connectivity index (χ4v) is 6.55. The first-order chi connectivity index (χ1) is 21.2. The normalized spacial score (nSPS) is 16.4. The van der Waals surface area contributed by atoms with Crippen LogP contribution in [-0.4, -0.2) is 53.0 Å². The highest BCUT2D eigenvalue weighted by molar-refractivity contribution is 5.84. The van der Waals surface area contributed by atoms with Gasteiger partial charge in [-0.05, 0) is 47.6 Å². The smallest absolute Gasteiger partial charge is 0.273 e. The van der Waals surface area contributed by atoms with Crippen molar-refractivity contribution < 1.29 is 19.1 Å². The van der Waals surface area contributed by atoms with Gasteiger partial charge in [0.25, 0.3) is 5.91 Å². The Kier molecular flexibility index (Phi) is 15.7. The van der Waals surface area contributed by atoms with E-state index in [4.69, 9.17) is 0 Å². The summed E-state index contributed by atoms with van der Waals surface area (Å²) in [6.45, 7) is 27.7. The molecule has 0 spiro atoms. The number of hydrogen-bond acceptors (Lipinski definition) is 6. The second-order valence-electron chi connectivity index (χ2n) is 12.9. The number of amides is 1. The Morgan fingerprint density at radius 3 is 2.22 bits per heavy atom. The number of aliphatic hydroxyl groups is 1. The van der Waals surface area contributed by atoms with Gasteiger partial charge in [-0.1, -0.05) is 78.5 Å². The van der Waals surface area contributed by atoms with Gasteiger partial charge in [0.1, 0.15) is 12.1 Å².